The molecule has 4 aliphatic heterocycles. The summed E-state index contributed by atoms with van der Waals surface area (Å²) in [7, 11) is 3.90. The van der Waals surface area contributed by atoms with Gasteiger partial charge in [0.2, 0.25) is 0 Å². The van der Waals surface area contributed by atoms with Crippen molar-refractivity contribution in [3.63, 3.8) is 0 Å². The highest BCUT2D eigenvalue weighted by Gasteiger charge is 2.47. The van der Waals surface area contributed by atoms with Crippen molar-refractivity contribution in [2.75, 3.05) is 36.0 Å². The zero-order valence-corrected chi connectivity index (χ0v) is 32.0. The maximum Gasteiger partial charge on any atom is 0.0886 e. The smallest absolute Gasteiger partial charge is 0.0886 e. The molecule has 4 atom stereocenters. The van der Waals surface area contributed by atoms with E-state index in [9.17, 15) is 5.11 Å². The van der Waals surface area contributed by atoms with Crippen LogP contribution in [0, 0.1) is 0 Å². The van der Waals surface area contributed by atoms with Gasteiger partial charge in [0, 0.05) is 136 Å². The Hall–Kier alpha value is -4.72. The van der Waals surface area contributed by atoms with E-state index in [0.717, 1.165) is 79.4 Å². The van der Waals surface area contributed by atoms with E-state index < -0.39 is 0 Å². The summed E-state index contributed by atoms with van der Waals surface area (Å²) in [4.78, 5) is 10.8. The average molecular weight is 741 g/mol. The number of nitrogens with zero attached hydrogens (tertiary/aromatic N) is 12. The first-order chi connectivity index (χ1) is 26.9. The van der Waals surface area contributed by atoms with Crippen LogP contribution in [-0.2, 0) is 14.1 Å². The molecule has 286 valence electrons. The summed E-state index contributed by atoms with van der Waals surface area (Å²) in [5.41, 5.74) is 9.55. The first kappa shape index (κ1) is 33.6. The summed E-state index contributed by atoms with van der Waals surface area (Å²) < 4.78 is 7.70. The lowest BCUT2D eigenvalue weighted by atomic mass is 9.86. The Balaban J connectivity index is 0.000000128. The number of aliphatic hydroxyl groups is 1. The lowest BCUT2D eigenvalue weighted by molar-refractivity contribution is -0.0245. The standard InChI is InChI=1S/C21H26N6O.C21H26N6/c1-24-10-15(9-23-24)14-6-21-20(4-5-22-26(21)11-14)25-12-16-2-3-17(13-25)27(16)18-7-19(28)8-18;1-24-11-16(10-23-24)15-9-21-20(7-8-22-26(21)12-15)25-13-18-5-6-19(14-25)27(18)17-3-2-4-17/h4-6,9-11,16-19,28H,2-3,7-8,12-13H2,1H3;7-12,17-19H,2-6,13-14H2,1H3. The minimum atomic E-state index is -0.0751. The highest BCUT2D eigenvalue weighted by atomic mass is 16.3. The second-order valence-corrected chi connectivity index (χ2v) is 17.2. The van der Waals surface area contributed by atoms with Crippen molar-refractivity contribution >= 4 is 22.4 Å². The fourth-order valence-corrected chi connectivity index (χ4v) is 10.9. The molecule has 0 spiro atoms. The van der Waals surface area contributed by atoms with Crippen LogP contribution in [0.5, 0.6) is 0 Å². The van der Waals surface area contributed by atoms with Gasteiger partial charge in [0.1, 0.15) is 0 Å². The first-order valence-electron chi connectivity index (χ1n) is 20.6. The lowest BCUT2D eigenvalue weighted by Gasteiger charge is -2.50. The monoisotopic (exact) mass is 740 g/mol. The molecule has 4 unspecified atom stereocenters. The molecule has 10 heterocycles. The van der Waals surface area contributed by atoms with Gasteiger partial charge in [-0.15, -0.1) is 0 Å². The minimum absolute atomic E-state index is 0.0751. The van der Waals surface area contributed by atoms with E-state index in [4.69, 9.17) is 0 Å². The molecule has 6 fully saturated rings. The Labute approximate surface area is 321 Å². The second kappa shape index (κ2) is 13.2. The van der Waals surface area contributed by atoms with Crippen LogP contribution in [0.1, 0.15) is 57.8 Å². The van der Waals surface area contributed by atoms with Gasteiger partial charge in [-0.2, -0.15) is 20.4 Å². The van der Waals surface area contributed by atoms with E-state index in [0.29, 0.717) is 18.1 Å². The van der Waals surface area contributed by atoms with Crippen LogP contribution in [0.3, 0.4) is 0 Å². The summed E-state index contributed by atoms with van der Waals surface area (Å²) in [6, 6.07) is 13.0. The molecule has 55 heavy (non-hydrogen) atoms. The number of piperazine rings is 2. The third-order valence-corrected chi connectivity index (χ3v) is 13.8. The molecule has 2 saturated carbocycles. The summed E-state index contributed by atoms with van der Waals surface area (Å²) in [6.07, 6.45) is 27.4. The predicted molar refractivity (Wildman–Crippen MR) is 213 cm³/mol. The lowest BCUT2D eigenvalue weighted by Crippen LogP contribution is -2.60. The van der Waals surface area contributed by atoms with E-state index in [1.165, 1.54) is 67.4 Å². The molecular weight excluding hydrogens is 689 g/mol. The van der Waals surface area contributed by atoms with Gasteiger partial charge in [-0.05, 0) is 75.6 Å². The Morgan fingerprint density at radius 3 is 1.36 bits per heavy atom. The molecule has 0 amide bonds. The van der Waals surface area contributed by atoms with Crippen LogP contribution in [0.2, 0.25) is 0 Å². The Kier molecular flexibility index (Phi) is 8.07. The first-order valence-corrected chi connectivity index (χ1v) is 20.6. The van der Waals surface area contributed by atoms with Gasteiger partial charge in [-0.25, -0.2) is 9.03 Å². The maximum atomic E-state index is 9.74. The van der Waals surface area contributed by atoms with E-state index in [1.54, 1.807) is 0 Å². The summed E-state index contributed by atoms with van der Waals surface area (Å²) in [5, 5.41) is 27.5. The number of rotatable bonds is 6. The molecule has 6 aliphatic rings. The Morgan fingerprint density at radius 1 is 0.527 bits per heavy atom. The van der Waals surface area contributed by atoms with Gasteiger partial charge < -0.3 is 14.9 Å². The molecule has 0 aromatic carbocycles. The largest absolute Gasteiger partial charge is 0.393 e. The molecule has 12 rings (SSSR count). The van der Waals surface area contributed by atoms with E-state index in [2.05, 4.69) is 82.9 Å². The van der Waals surface area contributed by atoms with Gasteiger partial charge in [-0.3, -0.25) is 19.2 Å². The zero-order valence-electron chi connectivity index (χ0n) is 32.0. The van der Waals surface area contributed by atoms with E-state index in [-0.39, 0.29) is 6.10 Å². The fourth-order valence-electron chi connectivity index (χ4n) is 10.9. The van der Waals surface area contributed by atoms with Gasteiger partial charge >= 0.3 is 0 Å². The van der Waals surface area contributed by atoms with E-state index in [1.807, 2.05) is 63.5 Å². The predicted octanol–water partition coefficient (Wildman–Crippen LogP) is 4.85. The van der Waals surface area contributed by atoms with Crippen LogP contribution in [-0.4, -0.2) is 122 Å². The third kappa shape index (κ3) is 5.85. The summed E-state index contributed by atoms with van der Waals surface area (Å²) >= 11 is 0. The topological polar surface area (TPSA) is 103 Å². The van der Waals surface area contributed by atoms with E-state index >= 15 is 0 Å². The Bertz CT molecular complexity index is 2300. The van der Waals surface area contributed by atoms with Crippen molar-refractivity contribution in [1.29, 1.82) is 0 Å². The van der Waals surface area contributed by atoms with Crippen molar-refractivity contribution in [2.45, 2.75) is 100 Å². The molecule has 13 nitrogen and oxygen atoms in total. The average Bonchev–Trinajstić information content (AvgIpc) is 4.01. The number of hydrogen-bond donors (Lipinski definition) is 1. The van der Waals surface area contributed by atoms with Crippen molar-refractivity contribution in [3.8, 4) is 22.3 Å². The molecule has 4 saturated heterocycles. The number of aromatic nitrogens is 8. The van der Waals surface area contributed by atoms with Crippen LogP contribution < -0.4 is 9.80 Å². The molecule has 2 aliphatic carbocycles. The SMILES string of the molecule is Cn1cc(-c2cc3c(N4CC5CCC(C4)N5C4CC(O)C4)ccnn3c2)cn1.Cn1cc(-c2cc3c(N4CC5CCC(C4)N5C4CCC4)ccnn3c2)cn1. The van der Waals surface area contributed by atoms with Gasteiger partial charge in [0.25, 0.3) is 0 Å². The zero-order chi connectivity index (χ0) is 36.8. The van der Waals surface area contributed by atoms with Crippen molar-refractivity contribution in [1.82, 2.24) is 48.6 Å². The van der Waals surface area contributed by atoms with Crippen LogP contribution in [0.25, 0.3) is 33.3 Å². The molecule has 4 bridgehead atoms. The number of aryl methyl sites for hydroxylation is 2. The molecule has 1 N–H and O–H groups in total. The molecule has 0 radical (unpaired) electrons. The number of fused-ring (bicyclic) bond motifs is 6. The normalized spacial score (nSPS) is 28.1. The third-order valence-electron chi connectivity index (χ3n) is 13.8. The fraction of sp³-hybridized carbons (Fsp3) is 0.524. The molecule has 6 aromatic rings. The second-order valence-electron chi connectivity index (χ2n) is 17.2. The maximum absolute atomic E-state index is 9.74. The summed E-state index contributed by atoms with van der Waals surface area (Å²) in [5.74, 6) is 0. The van der Waals surface area contributed by atoms with Crippen molar-refractivity contribution < 1.29 is 5.11 Å². The molecule has 6 aromatic heterocycles. The van der Waals surface area contributed by atoms with Crippen LogP contribution in [0.4, 0.5) is 11.4 Å². The minimum Gasteiger partial charge on any atom is -0.393 e. The van der Waals surface area contributed by atoms with Gasteiger partial charge in [0.05, 0.1) is 40.9 Å². The quantitative estimate of drug-likeness (QED) is 0.257. The number of anilines is 2. The van der Waals surface area contributed by atoms with Crippen LogP contribution in [0.15, 0.2) is 73.8 Å². The van der Waals surface area contributed by atoms with Crippen LogP contribution >= 0.6 is 0 Å². The number of aliphatic hydroxyl groups excluding tert-OH is 1. The highest BCUT2D eigenvalue weighted by molar-refractivity contribution is 5.81. The van der Waals surface area contributed by atoms with Crippen molar-refractivity contribution in [3.05, 3.63) is 73.8 Å². The van der Waals surface area contributed by atoms with Crippen molar-refractivity contribution in [2.24, 2.45) is 14.1 Å². The van der Waals surface area contributed by atoms with Gasteiger partial charge in [-0.1, -0.05) is 6.42 Å². The number of hydrogen-bond acceptors (Lipinski definition) is 9. The Morgan fingerprint density at radius 2 is 0.982 bits per heavy atom. The molecular formula is C42H52N12O. The highest BCUT2D eigenvalue weighted by Crippen LogP contribution is 2.42. The van der Waals surface area contributed by atoms with Gasteiger partial charge in [0.15, 0.2) is 0 Å². The molecule has 13 heteroatoms. The summed E-state index contributed by atoms with van der Waals surface area (Å²) in [6.45, 7) is 4.44.